The molecule has 0 unspecified atom stereocenters. The summed E-state index contributed by atoms with van der Waals surface area (Å²) in [7, 11) is 0. The molecule has 55 heavy (non-hydrogen) atoms. The minimum atomic E-state index is -1.05. The van der Waals surface area contributed by atoms with Gasteiger partial charge in [0, 0.05) is 59.5 Å². The number of amidine groups is 1. The van der Waals surface area contributed by atoms with E-state index in [1.54, 1.807) is 12.3 Å². The fourth-order valence-electron chi connectivity index (χ4n) is 7.70. The Morgan fingerprint density at radius 1 is 0.945 bits per heavy atom. The molecule has 4 aromatic rings. The fourth-order valence-corrected chi connectivity index (χ4v) is 7.95. The van der Waals surface area contributed by atoms with Crippen LogP contribution in [0.25, 0.3) is 0 Å². The van der Waals surface area contributed by atoms with Crippen LogP contribution in [0.2, 0.25) is 10.0 Å². The first-order valence-corrected chi connectivity index (χ1v) is 19.8. The van der Waals surface area contributed by atoms with E-state index >= 15 is 4.79 Å². The van der Waals surface area contributed by atoms with E-state index in [9.17, 15) is 9.18 Å². The van der Waals surface area contributed by atoms with Gasteiger partial charge in [-0.2, -0.15) is 0 Å². The Kier molecular flexibility index (Phi) is 11.9. The SMILES string of the molecule is CCOc1cc(C(C)(C)C)ncc1C1=N[C@@](C)(c2ccc(Cl)cc2)[C@@](C)(c2ccc(Cl)cc2)N1C(=O)N1CCC(CC(=O)NCCc2cccc(F)c2)CC1. The molecule has 0 bridgehead atoms. The van der Waals surface area contributed by atoms with Crippen LogP contribution in [-0.4, -0.2) is 58.8 Å². The van der Waals surface area contributed by atoms with Crippen LogP contribution in [0, 0.1) is 11.7 Å². The van der Waals surface area contributed by atoms with Crippen LogP contribution in [0.15, 0.2) is 90.1 Å². The molecule has 0 saturated carbocycles. The highest BCUT2D eigenvalue weighted by molar-refractivity contribution is 6.30. The third kappa shape index (κ3) is 8.38. The molecule has 1 N–H and O–H groups in total. The lowest BCUT2D eigenvalue weighted by atomic mass is 9.71. The Labute approximate surface area is 334 Å². The van der Waals surface area contributed by atoms with E-state index in [0.29, 0.717) is 79.1 Å². The maximum absolute atomic E-state index is 15.3. The monoisotopic (exact) mass is 785 g/mol. The Morgan fingerprint density at radius 3 is 2.18 bits per heavy atom. The maximum Gasteiger partial charge on any atom is 0.326 e. The fraction of sp³-hybridized carbons (Fsp3) is 0.409. The van der Waals surface area contributed by atoms with Crippen molar-refractivity contribution in [3.8, 4) is 5.75 Å². The summed E-state index contributed by atoms with van der Waals surface area (Å²) in [5.41, 5.74) is 1.75. The molecule has 2 aliphatic rings. The number of benzene rings is 3. The number of aliphatic imine (C=N–C) groups is 1. The topological polar surface area (TPSA) is 87.1 Å². The number of nitrogens with zero attached hydrogens (tertiary/aromatic N) is 4. The second kappa shape index (κ2) is 16.3. The van der Waals surface area contributed by atoms with Gasteiger partial charge in [0.25, 0.3) is 0 Å². The Hall–Kier alpha value is -4.47. The molecule has 0 spiro atoms. The molecule has 6 rings (SSSR count). The summed E-state index contributed by atoms with van der Waals surface area (Å²) in [4.78, 5) is 42.3. The molecule has 2 aliphatic heterocycles. The van der Waals surface area contributed by atoms with Crippen molar-refractivity contribution >= 4 is 41.0 Å². The van der Waals surface area contributed by atoms with Crippen LogP contribution in [-0.2, 0) is 27.7 Å². The number of nitrogens with one attached hydrogen (secondary N) is 1. The number of halogens is 3. The van der Waals surface area contributed by atoms with E-state index < -0.39 is 11.1 Å². The van der Waals surface area contributed by atoms with Crippen LogP contribution >= 0.6 is 23.2 Å². The molecule has 8 nitrogen and oxygen atoms in total. The zero-order valence-corrected chi connectivity index (χ0v) is 34.0. The van der Waals surface area contributed by atoms with Gasteiger partial charge in [0.1, 0.15) is 28.5 Å². The molecule has 3 heterocycles. The van der Waals surface area contributed by atoms with Gasteiger partial charge in [0.15, 0.2) is 0 Å². The van der Waals surface area contributed by atoms with E-state index in [-0.39, 0.29) is 29.1 Å². The van der Waals surface area contributed by atoms with Gasteiger partial charge < -0.3 is 15.0 Å². The third-order valence-corrected chi connectivity index (χ3v) is 11.6. The van der Waals surface area contributed by atoms with E-state index in [0.717, 1.165) is 22.4 Å². The first-order valence-electron chi connectivity index (χ1n) is 19.0. The molecule has 1 saturated heterocycles. The lowest BCUT2D eigenvalue weighted by Gasteiger charge is -2.47. The lowest BCUT2D eigenvalue weighted by molar-refractivity contribution is -0.122. The molecule has 3 aromatic carbocycles. The van der Waals surface area contributed by atoms with E-state index in [1.807, 2.05) is 77.4 Å². The Bertz CT molecular complexity index is 2040. The standard InChI is InChI=1S/C44H50Cl2FN5O3/c1-7-55-37-27-38(42(2,3)4)49-28-36(37)40-50-43(5,31-11-15-33(45)16-12-31)44(6,32-13-17-34(46)18-14-32)52(40)41(54)51-23-20-30(21-24-51)26-39(53)48-22-19-29-9-8-10-35(47)25-29/h8-18,25,27-28,30H,7,19-24,26H2,1-6H3,(H,48,53)/t43-,44+/m0/s1. The van der Waals surface area contributed by atoms with Crippen molar-refractivity contribution in [3.05, 3.63) is 129 Å². The molecular formula is C44H50Cl2FN5O3. The molecule has 0 radical (unpaired) electrons. The van der Waals surface area contributed by atoms with Gasteiger partial charge in [-0.3, -0.25) is 19.7 Å². The summed E-state index contributed by atoms with van der Waals surface area (Å²) in [6.07, 6.45) is 4.03. The van der Waals surface area contributed by atoms with Crippen LogP contribution in [0.4, 0.5) is 9.18 Å². The quantitative estimate of drug-likeness (QED) is 0.174. The van der Waals surface area contributed by atoms with E-state index in [1.165, 1.54) is 12.1 Å². The minimum absolute atomic E-state index is 0.0427. The van der Waals surface area contributed by atoms with Gasteiger partial charge in [-0.25, -0.2) is 9.18 Å². The van der Waals surface area contributed by atoms with Crippen LogP contribution < -0.4 is 10.1 Å². The molecule has 0 aliphatic carbocycles. The molecule has 1 fully saturated rings. The van der Waals surface area contributed by atoms with Crippen molar-refractivity contribution in [3.63, 3.8) is 0 Å². The predicted molar refractivity (Wildman–Crippen MR) is 218 cm³/mol. The summed E-state index contributed by atoms with van der Waals surface area (Å²) in [5, 5.41) is 4.17. The van der Waals surface area contributed by atoms with Crippen molar-refractivity contribution in [2.75, 3.05) is 26.2 Å². The number of rotatable bonds is 10. The summed E-state index contributed by atoms with van der Waals surface area (Å²) < 4.78 is 19.9. The zero-order chi connectivity index (χ0) is 39.5. The highest BCUT2D eigenvalue weighted by Gasteiger charge is 2.60. The highest BCUT2D eigenvalue weighted by Crippen LogP contribution is 2.54. The minimum Gasteiger partial charge on any atom is -0.493 e. The zero-order valence-electron chi connectivity index (χ0n) is 32.5. The van der Waals surface area contributed by atoms with Crippen LogP contribution in [0.1, 0.15) is 88.8 Å². The number of piperidine rings is 1. The number of hydrogen-bond acceptors (Lipinski definition) is 5. The largest absolute Gasteiger partial charge is 0.493 e. The third-order valence-electron chi connectivity index (χ3n) is 11.1. The van der Waals surface area contributed by atoms with Gasteiger partial charge in [-0.15, -0.1) is 0 Å². The van der Waals surface area contributed by atoms with Gasteiger partial charge in [0.05, 0.1) is 12.2 Å². The second-order valence-electron chi connectivity index (χ2n) is 15.8. The Balaban J connectivity index is 1.33. The maximum atomic E-state index is 15.3. The number of carbonyl (C=O) groups is 2. The number of amides is 3. The lowest BCUT2D eigenvalue weighted by Crippen LogP contribution is -2.59. The summed E-state index contributed by atoms with van der Waals surface area (Å²) >= 11 is 12.8. The number of likely N-dealkylation sites (tertiary alicyclic amines) is 1. The number of urea groups is 1. The number of ether oxygens (including phenoxy) is 1. The van der Waals surface area contributed by atoms with Crippen LogP contribution in [0.3, 0.4) is 0 Å². The number of pyridine rings is 1. The normalized spacial score (nSPS) is 20.3. The Morgan fingerprint density at radius 2 is 1.58 bits per heavy atom. The predicted octanol–water partition coefficient (Wildman–Crippen LogP) is 9.70. The molecule has 11 heteroatoms. The van der Waals surface area contributed by atoms with Gasteiger partial charge in [0.2, 0.25) is 5.91 Å². The highest BCUT2D eigenvalue weighted by atomic mass is 35.5. The van der Waals surface area contributed by atoms with Crippen LogP contribution in [0.5, 0.6) is 5.75 Å². The molecule has 2 atom stereocenters. The summed E-state index contributed by atoms with van der Waals surface area (Å²) in [5.74, 6) is 0.839. The van der Waals surface area contributed by atoms with Crippen molar-refractivity contribution in [1.82, 2.24) is 20.1 Å². The van der Waals surface area contributed by atoms with E-state index in [2.05, 4.69) is 39.9 Å². The number of hydrogen-bond donors (Lipinski definition) is 1. The van der Waals surface area contributed by atoms with Gasteiger partial charge >= 0.3 is 6.03 Å². The molecule has 290 valence electrons. The average molecular weight is 787 g/mol. The first-order chi connectivity index (χ1) is 26.1. The van der Waals surface area contributed by atoms with Gasteiger partial charge in [-0.1, -0.05) is 80.4 Å². The summed E-state index contributed by atoms with van der Waals surface area (Å²) in [6.45, 7) is 14.1. The van der Waals surface area contributed by atoms with Crippen molar-refractivity contribution in [2.45, 2.75) is 83.7 Å². The van der Waals surface area contributed by atoms with Crippen molar-refractivity contribution < 1.29 is 18.7 Å². The second-order valence-corrected chi connectivity index (χ2v) is 16.7. The smallest absolute Gasteiger partial charge is 0.326 e. The molecular weight excluding hydrogens is 736 g/mol. The summed E-state index contributed by atoms with van der Waals surface area (Å²) in [6, 6.07) is 23.4. The molecule has 1 aromatic heterocycles. The van der Waals surface area contributed by atoms with Crippen molar-refractivity contribution in [1.29, 1.82) is 0 Å². The number of carbonyl (C=O) groups excluding carboxylic acids is 2. The van der Waals surface area contributed by atoms with Gasteiger partial charge in [-0.05, 0) is 99.0 Å². The number of aromatic nitrogens is 1. The van der Waals surface area contributed by atoms with Crippen molar-refractivity contribution in [2.24, 2.45) is 10.9 Å². The van der Waals surface area contributed by atoms with E-state index in [4.69, 9.17) is 37.9 Å². The first kappa shape index (κ1) is 40.2. The average Bonchev–Trinajstić information content (AvgIpc) is 3.39. The molecule has 3 amide bonds.